The number of Topliss-reactive ketones (excluding diaryl/α,β-unsaturated/α-hetero) is 1. The van der Waals surface area contributed by atoms with Gasteiger partial charge in [-0.1, -0.05) is 12.1 Å². The van der Waals surface area contributed by atoms with E-state index in [1.807, 2.05) is 19.1 Å². The molecule has 0 aliphatic carbocycles. The summed E-state index contributed by atoms with van der Waals surface area (Å²) >= 11 is 2.76. The molecule has 2 aromatic rings. The van der Waals surface area contributed by atoms with Crippen molar-refractivity contribution >= 4 is 34.9 Å². The fourth-order valence-electron chi connectivity index (χ4n) is 1.78. The van der Waals surface area contributed by atoms with Gasteiger partial charge in [-0.15, -0.1) is 23.1 Å². The molecule has 0 amide bonds. The summed E-state index contributed by atoms with van der Waals surface area (Å²) in [4.78, 5) is 26.4. The zero-order valence-corrected chi connectivity index (χ0v) is 13.7. The fourth-order valence-corrected chi connectivity index (χ4v) is 3.37. The van der Waals surface area contributed by atoms with Crippen molar-refractivity contribution in [2.75, 3.05) is 19.0 Å². The molecule has 0 aliphatic rings. The van der Waals surface area contributed by atoms with Gasteiger partial charge in [0.15, 0.2) is 6.61 Å². The van der Waals surface area contributed by atoms with Gasteiger partial charge in [0, 0.05) is 15.5 Å². The Morgan fingerprint density at radius 3 is 2.68 bits per heavy atom. The highest BCUT2D eigenvalue weighted by Gasteiger charge is 2.16. The van der Waals surface area contributed by atoms with Gasteiger partial charge < -0.3 is 9.84 Å². The summed E-state index contributed by atoms with van der Waals surface area (Å²) in [5.74, 6) is -0.229. The number of esters is 1. The van der Waals surface area contributed by atoms with E-state index in [1.54, 1.807) is 24.3 Å². The summed E-state index contributed by atoms with van der Waals surface area (Å²) in [6.07, 6.45) is 0. The van der Waals surface area contributed by atoms with Crippen molar-refractivity contribution in [2.24, 2.45) is 0 Å². The Labute approximate surface area is 137 Å². The highest BCUT2D eigenvalue weighted by molar-refractivity contribution is 7.99. The summed E-state index contributed by atoms with van der Waals surface area (Å²) in [5, 5.41) is 8.88. The third-order valence-electron chi connectivity index (χ3n) is 2.81. The number of aryl methyl sites for hydroxylation is 1. The van der Waals surface area contributed by atoms with E-state index in [-0.39, 0.29) is 19.0 Å². The van der Waals surface area contributed by atoms with Crippen LogP contribution < -0.4 is 0 Å². The number of aliphatic hydroxyl groups is 1. The molecule has 0 unspecified atom stereocenters. The fraction of sp³-hybridized carbons (Fsp3) is 0.250. The predicted molar refractivity (Wildman–Crippen MR) is 87.9 cm³/mol. The van der Waals surface area contributed by atoms with Gasteiger partial charge in [-0.3, -0.25) is 4.79 Å². The number of ketones is 1. The Hall–Kier alpha value is -1.63. The summed E-state index contributed by atoms with van der Waals surface area (Å²) in [7, 11) is 0. The van der Waals surface area contributed by atoms with Crippen LogP contribution in [-0.2, 0) is 4.74 Å². The molecule has 0 bridgehead atoms. The molecule has 6 heteroatoms. The van der Waals surface area contributed by atoms with E-state index in [0.29, 0.717) is 16.2 Å². The van der Waals surface area contributed by atoms with Crippen LogP contribution in [0.4, 0.5) is 0 Å². The Bertz CT molecular complexity index is 664. The Balaban J connectivity index is 1.99. The normalized spacial score (nSPS) is 10.5. The molecule has 0 saturated heterocycles. The maximum atomic E-state index is 12.1. The number of thioether (sulfide) groups is 1. The van der Waals surface area contributed by atoms with Crippen LogP contribution in [0.2, 0.25) is 0 Å². The predicted octanol–water partition coefficient (Wildman–Crippen LogP) is 3.18. The van der Waals surface area contributed by atoms with E-state index in [0.717, 1.165) is 9.77 Å². The van der Waals surface area contributed by atoms with Gasteiger partial charge in [-0.25, -0.2) is 4.79 Å². The topological polar surface area (TPSA) is 63.6 Å². The summed E-state index contributed by atoms with van der Waals surface area (Å²) in [6, 6.07) is 10.6. The first-order valence-electron chi connectivity index (χ1n) is 6.71. The molecule has 4 nitrogen and oxygen atoms in total. The zero-order valence-electron chi connectivity index (χ0n) is 12.1. The number of carbonyl (C=O) groups is 2. The molecule has 0 spiro atoms. The zero-order chi connectivity index (χ0) is 15.9. The third-order valence-corrected chi connectivity index (χ3v) is 4.90. The lowest BCUT2D eigenvalue weighted by molar-refractivity contribution is 0.0472. The van der Waals surface area contributed by atoms with E-state index in [1.165, 1.54) is 23.1 Å². The van der Waals surface area contributed by atoms with Crippen LogP contribution in [0.5, 0.6) is 0 Å². The van der Waals surface area contributed by atoms with E-state index >= 15 is 0 Å². The second-order valence-corrected chi connectivity index (χ2v) is 6.90. The van der Waals surface area contributed by atoms with E-state index < -0.39 is 5.97 Å². The molecule has 0 fully saturated rings. The lowest BCUT2D eigenvalue weighted by Gasteiger charge is -2.08. The van der Waals surface area contributed by atoms with E-state index in [9.17, 15) is 9.59 Å². The second-order valence-electron chi connectivity index (χ2n) is 4.48. The monoisotopic (exact) mass is 336 g/mol. The number of thiophene rings is 1. The number of ether oxygens (including phenoxy) is 1. The molecule has 116 valence electrons. The molecule has 1 aromatic carbocycles. The van der Waals surface area contributed by atoms with Gasteiger partial charge in [0.1, 0.15) is 0 Å². The number of aliphatic hydroxyl groups excluding tert-OH is 1. The molecule has 1 heterocycles. The van der Waals surface area contributed by atoms with E-state index in [2.05, 4.69) is 0 Å². The van der Waals surface area contributed by atoms with Crippen molar-refractivity contribution in [3.63, 3.8) is 0 Å². The molecule has 0 atom stereocenters. The Kier molecular flexibility index (Phi) is 6.18. The maximum absolute atomic E-state index is 12.1. The minimum atomic E-state index is -0.525. The van der Waals surface area contributed by atoms with Crippen molar-refractivity contribution in [2.45, 2.75) is 11.8 Å². The van der Waals surface area contributed by atoms with Crippen molar-refractivity contribution in [3.05, 3.63) is 51.7 Å². The van der Waals surface area contributed by atoms with E-state index in [4.69, 9.17) is 9.84 Å². The van der Waals surface area contributed by atoms with Gasteiger partial charge in [-0.05, 0) is 31.2 Å². The van der Waals surface area contributed by atoms with Gasteiger partial charge in [0.25, 0.3) is 0 Å². The molecule has 22 heavy (non-hydrogen) atoms. The first-order valence-corrected chi connectivity index (χ1v) is 8.51. The van der Waals surface area contributed by atoms with Gasteiger partial charge in [-0.2, -0.15) is 0 Å². The molecule has 1 N–H and O–H groups in total. The first-order chi connectivity index (χ1) is 10.6. The number of rotatable bonds is 7. The molecule has 0 saturated carbocycles. The minimum Gasteiger partial charge on any atom is -0.454 e. The highest BCUT2D eigenvalue weighted by Crippen LogP contribution is 2.23. The van der Waals surface area contributed by atoms with Crippen LogP contribution in [0.25, 0.3) is 0 Å². The van der Waals surface area contributed by atoms with Crippen LogP contribution in [0.15, 0.2) is 41.3 Å². The molecule has 1 aromatic heterocycles. The average molecular weight is 336 g/mol. The number of hydrogen-bond donors (Lipinski definition) is 1. The first kappa shape index (κ1) is 16.7. The number of benzene rings is 1. The van der Waals surface area contributed by atoms with Gasteiger partial charge >= 0.3 is 5.97 Å². The van der Waals surface area contributed by atoms with Crippen molar-refractivity contribution < 1.29 is 19.4 Å². The second kappa shape index (κ2) is 8.12. The summed E-state index contributed by atoms with van der Waals surface area (Å²) < 4.78 is 5.12. The molecule has 0 aliphatic heterocycles. The quantitative estimate of drug-likeness (QED) is 0.478. The minimum absolute atomic E-state index is 0.0320. The molecular weight excluding hydrogens is 320 g/mol. The van der Waals surface area contributed by atoms with Crippen molar-refractivity contribution in [3.8, 4) is 0 Å². The van der Waals surface area contributed by atoms with Gasteiger partial charge in [0.05, 0.1) is 17.0 Å². The number of hydrogen-bond acceptors (Lipinski definition) is 6. The van der Waals surface area contributed by atoms with Crippen LogP contribution >= 0.6 is 23.1 Å². The lowest BCUT2D eigenvalue weighted by atomic mass is 10.2. The number of carbonyl (C=O) groups excluding carboxylic acids is 2. The van der Waals surface area contributed by atoms with Crippen LogP contribution in [0.1, 0.15) is 24.9 Å². The standard InChI is InChI=1S/C16H16O4S2/c1-11-6-7-15(22-11)13(18)10-20-16(19)12-4-2-3-5-14(12)21-9-8-17/h2-7,17H,8-10H2,1H3. The average Bonchev–Trinajstić information content (AvgIpc) is 2.97. The van der Waals surface area contributed by atoms with Crippen molar-refractivity contribution in [1.29, 1.82) is 0 Å². The van der Waals surface area contributed by atoms with Gasteiger partial charge in [0.2, 0.25) is 5.78 Å². The highest BCUT2D eigenvalue weighted by atomic mass is 32.2. The SMILES string of the molecule is Cc1ccc(C(=O)COC(=O)c2ccccc2SCCO)s1. The summed E-state index contributed by atoms with van der Waals surface area (Å²) in [6.45, 7) is 1.68. The van der Waals surface area contributed by atoms with Crippen molar-refractivity contribution in [1.82, 2.24) is 0 Å². The lowest BCUT2D eigenvalue weighted by Crippen LogP contribution is -2.14. The largest absolute Gasteiger partial charge is 0.454 e. The smallest absolute Gasteiger partial charge is 0.339 e. The van der Waals surface area contributed by atoms with Crippen LogP contribution in [0, 0.1) is 6.92 Å². The third kappa shape index (κ3) is 4.43. The Morgan fingerprint density at radius 1 is 1.23 bits per heavy atom. The molecular formula is C16H16O4S2. The van der Waals surface area contributed by atoms with Crippen LogP contribution in [-0.4, -0.2) is 35.8 Å². The molecule has 2 rings (SSSR count). The van der Waals surface area contributed by atoms with Crippen LogP contribution in [0.3, 0.4) is 0 Å². The maximum Gasteiger partial charge on any atom is 0.339 e. The summed E-state index contributed by atoms with van der Waals surface area (Å²) in [5.41, 5.74) is 0.413. The Morgan fingerprint density at radius 2 is 2.00 bits per heavy atom. The molecule has 0 radical (unpaired) electrons.